The van der Waals surface area contributed by atoms with Crippen molar-refractivity contribution >= 4 is 22.9 Å². The fourth-order valence-electron chi connectivity index (χ4n) is 2.34. The molecule has 0 aromatic heterocycles. The molecule has 4 heteroatoms. The summed E-state index contributed by atoms with van der Waals surface area (Å²) >= 11 is 2.43. The average Bonchev–Trinajstić information content (AvgIpc) is 2.23. The minimum absolute atomic E-state index is 0.956. The molecule has 0 unspecified atom stereocenters. The highest BCUT2D eigenvalue weighted by atomic mass is 127. The lowest BCUT2D eigenvalue weighted by molar-refractivity contribution is 0.164. The summed E-state index contributed by atoms with van der Waals surface area (Å²) in [5, 5.41) is 3.43. The SMILES string of the molecule is IN1CCN(CC2CCNCC2)CC1. The van der Waals surface area contributed by atoms with E-state index in [1.165, 1.54) is 58.7 Å². The van der Waals surface area contributed by atoms with Gasteiger partial charge in [-0.15, -0.1) is 0 Å². The van der Waals surface area contributed by atoms with Crippen molar-refractivity contribution in [2.75, 3.05) is 45.8 Å². The Morgan fingerprint density at radius 1 is 1.07 bits per heavy atom. The summed E-state index contributed by atoms with van der Waals surface area (Å²) in [6, 6.07) is 0. The van der Waals surface area contributed by atoms with Crippen LogP contribution in [0.2, 0.25) is 0 Å². The maximum Gasteiger partial charge on any atom is 0.0209 e. The van der Waals surface area contributed by atoms with Gasteiger partial charge < -0.3 is 10.2 Å². The molecule has 0 aromatic rings. The van der Waals surface area contributed by atoms with Gasteiger partial charge in [0.05, 0.1) is 0 Å². The van der Waals surface area contributed by atoms with Crippen LogP contribution in [0.3, 0.4) is 0 Å². The Morgan fingerprint density at radius 3 is 2.36 bits per heavy atom. The van der Waals surface area contributed by atoms with Crippen molar-refractivity contribution in [3.8, 4) is 0 Å². The molecule has 0 amide bonds. The Bertz CT molecular complexity index is 163. The quantitative estimate of drug-likeness (QED) is 0.605. The van der Waals surface area contributed by atoms with Crippen molar-refractivity contribution in [2.45, 2.75) is 12.8 Å². The van der Waals surface area contributed by atoms with Crippen molar-refractivity contribution in [2.24, 2.45) is 5.92 Å². The predicted molar refractivity (Wildman–Crippen MR) is 67.6 cm³/mol. The average molecular weight is 309 g/mol. The standard InChI is InChI=1S/C10H20IN3/c11-14-7-5-13(6-8-14)9-10-1-3-12-4-2-10/h10,12H,1-9H2. The number of halogens is 1. The second-order valence-electron chi connectivity index (χ2n) is 4.40. The van der Waals surface area contributed by atoms with Gasteiger partial charge in [-0.05, 0) is 31.8 Å². The van der Waals surface area contributed by atoms with Gasteiger partial charge in [0.25, 0.3) is 0 Å². The second kappa shape index (κ2) is 5.63. The minimum atomic E-state index is 0.956. The van der Waals surface area contributed by atoms with Crippen LogP contribution in [0.1, 0.15) is 12.8 Å². The van der Waals surface area contributed by atoms with E-state index >= 15 is 0 Å². The third-order valence-corrected chi connectivity index (χ3v) is 4.26. The smallest absolute Gasteiger partial charge is 0.0209 e. The van der Waals surface area contributed by atoms with E-state index in [0.717, 1.165) is 5.92 Å². The van der Waals surface area contributed by atoms with E-state index in [0.29, 0.717) is 0 Å². The summed E-state index contributed by atoms with van der Waals surface area (Å²) in [6.45, 7) is 8.83. The number of rotatable bonds is 2. The maximum atomic E-state index is 3.43. The maximum absolute atomic E-state index is 3.43. The molecule has 14 heavy (non-hydrogen) atoms. The Labute approximate surface area is 101 Å². The minimum Gasteiger partial charge on any atom is -0.317 e. The van der Waals surface area contributed by atoms with Gasteiger partial charge in [-0.2, -0.15) is 0 Å². The zero-order chi connectivity index (χ0) is 9.80. The van der Waals surface area contributed by atoms with Crippen LogP contribution in [0.15, 0.2) is 0 Å². The number of hydrogen-bond acceptors (Lipinski definition) is 3. The van der Waals surface area contributed by atoms with Gasteiger partial charge in [0.15, 0.2) is 0 Å². The fourth-order valence-corrected chi connectivity index (χ4v) is 2.77. The molecule has 0 radical (unpaired) electrons. The van der Waals surface area contributed by atoms with Crippen LogP contribution in [0.25, 0.3) is 0 Å². The highest BCUT2D eigenvalue weighted by molar-refractivity contribution is 14.1. The van der Waals surface area contributed by atoms with Crippen molar-refractivity contribution in [3.63, 3.8) is 0 Å². The van der Waals surface area contributed by atoms with Crippen LogP contribution in [0, 0.1) is 5.92 Å². The first-order valence-corrected chi connectivity index (χ1v) is 6.65. The van der Waals surface area contributed by atoms with E-state index in [2.05, 4.69) is 36.2 Å². The first-order valence-electron chi connectivity index (χ1n) is 5.68. The molecule has 2 fully saturated rings. The van der Waals surface area contributed by atoms with Gasteiger partial charge in [-0.1, -0.05) is 0 Å². The first kappa shape index (κ1) is 11.1. The summed E-state index contributed by atoms with van der Waals surface area (Å²) in [5.74, 6) is 0.956. The summed E-state index contributed by atoms with van der Waals surface area (Å²) in [7, 11) is 0. The largest absolute Gasteiger partial charge is 0.317 e. The molecule has 0 aliphatic carbocycles. The van der Waals surface area contributed by atoms with Crippen LogP contribution in [0.5, 0.6) is 0 Å². The molecular formula is C10H20IN3. The molecule has 0 atom stereocenters. The predicted octanol–water partition coefficient (Wildman–Crippen LogP) is 0.954. The number of nitrogens with zero attached hydrogens (tertiary/aromatic N) is 2. The molecule has 0 bridgehead atoms. The lowest BCUT2D eigenvalue weighted by Gasteiger charge is -2.34. The molecule has 2 rings (SSSR count). The Balaban J connectivity index is 1.68. The molecule has 82 valence electrons. The van der Waals surface area contributed by atoms with Crippen molar-refractivity contribution < 1.29 is 0 Å². The lowest BCUT2D eigenvalue weighted by atomic mass is 9.97. The zero-order valence-corrected chi connectivity index (χ0v) is 10.9. The van der Waals surface area contributed by atoms with E-state index < -0.39 is 0 Å². The molecule has 2 saturated heterocycles. The van der Waals surface area contributed by atoms with E-state index in [1.807, 2.05) is 0 Å². The molecule has 1 N–H and O–H groups in total. The highest BCUT2D eigenvalue weighted by Crippen LogP contribution is 2.15. The molecule has 0 saturated carbocycles. The molecule has 3 nitrogen and oxygen atoms in total. The van der Waals surface area contributed by atoms with Crippen molar-refractivity contribution in [1.29, 1.82) is 0 Å². The van der Waals surface area contributed by atoms with Gasteiger partial charge in [0.2, 0.25) is 0 Å². The lowest BCUT2D eigenvalue weighted by Crippen LogP contribution is -2.45. The van der Waals surface area contributed by atoms with Crippen LogP contribution in [-0.4, -0.2) is 53.8 Å². The van der Waals surface area contributed by atoms with E-state index in [4.69, 9.17) is 0 Å². The zero-order valence-electron chi connectivity index (χ0n) is 8.71. The van der Waals surface area contributed by atoms with Crippen LogP contribution >= 0.6 is 22.9 Å². The number of nitrogens with one attached hydrogen (secondary N) is 1. The number of piperazine rings is 1. The van der Waals surface area contributed by atoms with Crippen LogP contribution in [0.4, 0.5) is 0 Å². The van der Waals surface area contributed by atoms with Crippen molar-refractivity contribution in [3.05, 3.63) is 0 Å². The van der Waals surface area contributed by atoms with Gasteiger partial charge in [-0.25, -0.2) is 3.11 Å². The summed E-state index contributed by atoms with van der Waals surface area (Å²) in [5.41, 5.74) is 0. The monoisotopic (exact) mass is 309 g/mol. The Morgan fingerprint density at radius 2 is 1.71 bits per heavy atom. The van der Waals surface area contributed by atoms with Crippen LogP contribution < -0.4 is 5.32 Å². The molecular weight excluding hydrogens is 289 g/mol. The Hall–Kier alpha value is 0.610. The molecule has 2 aliphatic heterocycles. The molecule has 2 aliphatic rings. The first-order chi connectivity index (χ1) is 6.84. The normalized spacial score (nSPS) is 28.1. The van der Waals surface area contributed by atoms with Gasteiger partial charge in [-0.3, -0.25) is 0 Å². The van der Waals surface area contributed by atoms with E-state index in [-0.39, 0.29) is 0 Å². The van der Waals surface area contributed by atoms with E-state index in [1.54, 1.807) is 0 Å². The molecule has 2 heterocycles. The number of piperidine rings is 1. The summed E-state index contributed by atoms with van der Waals surface area (Å²) < 4.78 is 2.40. The topological polar surface area (TPSA) is 18.5 Å². The number of hydrogen-bond donors (Lipinski definition) is 1. The third kappa shape index (κ3) is 3.32. The van der Waals surface area contributed by atoms with Crippen molar-refractivity contribution in [1.82, 2.24) is 13.3 Å². The van der Waals surface area contributed by atoms with Gasteiger partial charge in [0, 0.05) is 55.6 Å². The highest BCUT2D eigenvalue weighted by Gasteiger charge is 2.20. The van der Waals surface area contributed by atoms with Gasteiger partial charge >= 0.3 is 0 Å². The van der Waals surface area contributed by atoms with Crippen LogP contribution in [-0.2, 0) is 0 Å². The summed E-state index contributed by atoms with van der Waals surface area (Å²) in [4.78, 5) is 2.64. The Kier molecular flexibility index (Phi) is 4.46. The second-order valence-corrected chi connectivity index (χ2v) is 5.77. The van der Waals surface area contributed by atoms with E-state index in [9.17, 15) is 0 Å². The molecule has 0 aromatic carbocycles. The molecule has 0 spiro atoms. The van der Waals surface area contributed by atoms with Gasteiger partial charge in [0.1, 0.15) is 0 Å². The fraction of sp³-hybridized carbons (Fsp3) is 1.00. The third-order valence-electron chi connectivity index (χ3n) is 3.29. The summed E-state index contributed by atoms with van der Waals surface area (Å²) in [6.07, 6.45) is 2.76.